The zero-order valence-corrected chi connectivity index (χ0v) is 25.8. The van der Waals surface area contributed by atoms with Crippen LogP contribution in [0.2, 0.25) is 0 Å². The van der Waals surface area contributed by atoms with Crippen LogP contribution in [0, 0.1) is 5.92 Å². The van der Waals surface area contributed by atoms with Gasteiger partial charge in [0.1, 0.15) is 35.8 Å². The fourth-order valence-electron chi connectivity index (χ4n) is 4.30. The molecule has 0 spiro atoms. The first kappa shape index (κ1) is 33.0. The lowest BCUT2D eigenvalue weighted by Crippen LogP contribution is -2.54. The van der Waals surface area contributed by atoms with Gasteiger partial charge in [-0.2, -0.15) is 0 Å². The zero-order chi connectivity index (χ0) is 31.4. The van der Waals surface area contributed by atoms with Crippen LogP contribution in [-0.4, -0.2) is 42.7 Å². The van der Waals surface area contributed by atoms with E-state index in [1.807, 2.05) is 68.4 Å². The van der Waals surface area contributed by atoms with Crippen molar-refractivity contribution in [1.82, 2.24) is 10.6 Å². The number of anilines is 1. The standard InChI is InChI=1S/C34H43N3O6/c1-23(2)20-28(37-33(40)36-27-14-10-11-15-30(27)41-6)31(38)35-29(32(39)43-34(3,4)5)21-24-16-18-26(19-17-24)42-22-25-12-8-7-9-13-25/h7-19,23,28-29H,20-22H2,1-6H3,(H,35,38)(H2,36,37,40). The van der Waals surface area contributed by atoms with Crippen molar-refractivity contribution < 1.29 is 28.6 Å². The Balaban J connectivity index is 1.72. The van der Waals surface area contributed by atoms with Crippen molar-refractivity contribution >= 4 is 23.6 Å². The minimum atomic E-state index is -0.975. The van der Waals surface area contributed by atoms with E-state index in [1.54, 1.807) is 45.0 Å². The molecule has 0 aliphatic heterocycles. The Morgan fingerprint density at radius 3 is 2.07 bits per heavy atom. The molecule has 0 radical (unpaired) electrons. The van der Waals surface area contributed by atoms with Gasteiger partial charge in [-0.05, 0) is 68.5 Å². The largest absolute Gasteiger partial charge is 0.495 e. The van der Waals surface area contributed by atoms with Gasteiger partial charge in [-0.25, -0.2) is 9.59 Å². The van der Waals surface area contributed by atoms with E-state index in [4.69, 9.17) is 14.2 Å². The Labute approximate surface area is 254 Å². The molecule has 0 saturated carbocycles. The maximum atomic E-state index is 13.5. The predicted molar refractivity (Wildman–Crippen MR) is 167 cm³/mol. The second kappa shape index (κ2) is 15.6. The fraction of sp³-hybridized carbons (Fsp3) is 0.382. The minimum Gasteiger partial charge on any atom is -0.495 e. The normalized spacial score (nSPS) is 12.5. The van der Waals surface area contributed by atoms with Crippen LogP contribution in [0.4, 0.5) is 10.5 Å². The second-order valence-corrected chi connectivity index (χ2v) is 11.7. The van der Waals surface area contributed by atoms with Crippen LogP contribution in [0.1, 0.15) is 52.2 Å². The molecule has 0 aromatic heterocycles. The van der Waals surface area contributed by atoms with Crippen molar-refractivity contribution in [3.63, 3.8) is 0 Å². The van der Waals surface area contributed by atoms with E-state index >= 15 is 0 Å². The maximum absolute atomic E-state index is 13.5. The lowest BCUT2D eigenvalue weighted by atomic mass is 10.0. The number of rotatable bonds is 13. The van der Waals surface area contributed by atoms with E-state index in [2.05, 4.69) is 16.0 Å². The topological polar surface area (TPSA) is 115 Å². The van der Waals surface area contributed by atoms with Crippen molar-refractivity contribution in [3.05, 3.63) is 90.0 Å². The van der Waals surface area contributed by atoms with Gasteiger partial charge in [0.25, 0.3) is 0 Å². The average molecular weight is 590 g/mol. The van der Waals surface area contributed by atoms with Crippen LogP contribution in [0.15, 0.2) is 78.9 Å². The van der Waals surface area contributed by atoms with Gasteiger partial charge in [-0.3, -0.25) is 4.79 Å². The maximum Gasteiger partial charge on any atom is 0.329 e. The Morgan fingerprint density at radius 1 is 0.791 bits per heavy atom. The Morgan fingerprint density at radius 2 is 1.44 bits per heavy atom. The van der Waals surface area contributed by atoms with E-state index in [-0.39, 0.29) is 12.3 Å². The number of benzene rings is 3. The molecule has 0 saturated heterocycles. The number of nitrogens with one attached hydrogen (secondary N) is 3. The van der Waals surface area contributed by atoms with Crippen molar-refractivity contribution in [2.24, 2.45) is 5.92 Å². The van der Waals surface area contributed by atoms with Crippen LogP contribution in [0.5, 0.6) is 11.5 Å². The average Bonchev–Trinajstić information content (AvgIpc) is 2.95. The molecule has 9 heteroatoms. The number of methoxy groups -OCH3 is 1. The van der Waals surface area contributed by atoms with Gasteiger partial charge < -0.3 is 30.2 Å². The van der Waals surface area contributed by atoms with Gasteiger partial charge >= 0.3 is 12.0 Å². The number of carbonyl (C=O) groups excluding carboxylic acids is 3. The van der Waals surface area contributed by atoms with Gasteiger partial charge in [0.05, 0.1) is 12.8 Å². The predicted octanol–water partition coefficient (Wildman–Crippen LogP) is 5.88. The summed E-state index contributed by atoms with van der Waals surface area (Å²) in [5.41, 5.74) is 1.58. The summed E-state index contributed by atoms with van der Waals surface area (Å²) in [7, 11) is 1.51. The van der Waals surface area contributed by atoms with Gasteiger partial charge in [0, 0.05) is 6.42 Å². The number of hydrogen-bond donors (Lipinski definition) is 3. The number of para-hydroxylation sites is 2. The van der Waals surface area contributed by atoms with Crippen molar-refractivity contribution in [1.29, 1.82) is 0 Å². The molecule has 3 N–H and O–H groups in total. The van der Waals surface area contributed by atoms with E-state index in [1.165, 1.54) is 7.11 Å². The van der Waals surface area contributed by atoms with Crippen molar-refractivity contribution in [3.8, 4) is 11.5 Å². The summed E-state index contributed by atoms with van der Waals surface area (Å²) in [6.45, 7) is 9.65. The Bertz CT molecular complexity index is 1340. The molecule has 43 heavy (non-hydrogen) atoms. The van der Waals surface area contributed by atoms with E-state index in [0.717, 1.165) is 11.1 Å². The van der Waals surface area contributed by atoms with Crippen LogP contribution >= 0.6 is 0 Å². The van der Waals surface area contributed by atoms with Gasteiger partial charge in [0.2, 0.25) is 5.91 Å². The first-order valence-corrected chi connectivity index (χ1v) is 14.4. The molecule has 0 fully saturated rings. The number of ether oxygens (including phenoxy) is 3. The summed E-state index contributed by atoms with van der Waals surface area (Å²) in [6.07, 6.45) is 0.557. The first-order valence-electron chi connectivity index (χ1n) is 14.4. The molecular formula is C34H43N3O6. The van der Waals surface area contributed by atoms with Gasteiger partial charge in [-0.1, -0.05) is 68.4 Å². The second-order valence-electron chi connectivity index (χ2n) is 11.7. The molecule has 9 nitrogen and oxygen atoms in total. The molecule has 2 unspecified atom stereocenters. The number of amides is 3. The number of hydrogen-bond acceptors (Lipinski definition) is 6. The van der Waals surface area contributed by atoms with Gasteiger partial charge in [-0.15, -0.1) is 0 Å². The lowest BCUT2D eigenvalue weighted by Gasteiger charge is -2.27. The molecule has 2 atom stereocenters. The quantitative estimate of drug-likeness (QED) is 0.215. The van der Waals surface area contributed by atoms with Crippen LogP contribution in [0.3, 0.4) is 0 Å². The molecule has 0 bridgehead atoms. The Hall–Kier alpha value is -4.53. The minimum absolute atomic E-state index is 0.0886. The third-order valence-corrected chi connectivity index (χ3v) is 6.30. The third kappa shape index (κ3) is 11.3. The van der Waals surface area contributed by atoms with Crippen molar-refractivity contribution in [2.45, 2.75) is 71.8 Å². The first-order chi connectivity index (χ1) is 20.4. The van der Waals surface area contributed by atoms with Crippen LogP contribution in [0.25, 0.3) is 0 Å². The summed E-state index contributed by atoms with van der Waals surface area (Å²) >= 11 is 0. The van der Waals surface area contributed by atoms with Gasteiger partial charge in [0.15, 0.2) is 0 Å². The summed E-state index contributed by atoms with van der Waals surface area (Å²) < 4.78 is 16.8. The highest BCUT2D eigenvalue weighted by molar-refractivity contribution is 5.95. The third-order valence-electron chi connectivity index (χ3n) is 6.30. The Kier molecular flexibility index (Phi) is 12.0. The molecule has 3 aromatic rings. The van der Waals surface area contributed by atoms with E-state index in [9.17, 15) is 14.4 Å². The monoisotopic (exact) mass is 589 g/mol. The zero-order valence-electron chi connectivity index (χ0n) is 25.8. The number of esters is 1. The number of carbonyl (C=O) groups is 3. The molecule has 3 rings (SSSR count). The van der Waals surface area contributed by atoms with Crippen molar-refractivity contribution in [2.75, 3.05) is 12.4 Å². The highest BCUT2D eigenvalue weighted by Crippen LogP contribution is 2.23. The molecular weight excluding hydrogens is 546 g/mol. The SMILES string of the molecule is COc1ccccc1NC(=O)NC(CC(C)C)C(=O)NC(Cc1ccc(OCc2ccccc2)cc1)C(=O)OC(C)(C)C. The molecule has 0 heterocycles. The molecule has 3 aromatic carbocycles. The van der Waals surface area contributed by atoms with E-state index in [0.29, 0.717) is 30.2 Å². The fourth-order valence-corrected chi connectivity index (χ4v) is 4.30. The summed E-state index contributed by atoms with van der Waals surface area (Å²) in [5.74, 6) is 0.219. The summed E-state index contributed by atoms with van der Waals surface area (Å²) in [4.78, 5) is 39.6. The highest BCUT2D eigenvalue weighted by Gasteiger charge is 2.30. The highest BCUT2D eigenvalue weighted by atomic mass is 16.6. The van der Waals surface area contributed by atoms with Crippen LogP contribution in [-0.2, 0) is 27.4 Å². The molecule has 0 aliphatic carbocycles. The number of urea groups is 1. The van der Waals surface area contributed by atoms with Crippen LogP contribution < -0.4 is 25.4 Å². The summed E-state index contributed by atoms with van der Waals surface area (Å²) in [6, 6.07) is 21.8. The molecule has 230 valence electrons. The van der Waals surface area contributed by atoms with E-state index < -0.39 is 35.6 Å². The summed E-state index contributed by atoms with van der Waals surface area (Å²) in [5, 5.41) is 8.32. The lowest BCUT2D eigenvalue weighted by molar-refractivity contribution is -0.158. The molecule has 3 amide bonds. The molecule has 0 aliphatic rings. The smallest absolute Gasteiger partial charge is 0.329 e.